The van der Waals surface area contributed by atoms with Crippen molar-refractivity contribution < 1.29 is 22.0 Å². The minimum atomic E-state index is -4.15. The molecule has 2 aromatic rings. The zero-order valence-corrected chi connectivity index (χ0v) is 16.7. The van der Waals surface area contributed by atoms with Gasteiger partial charge in [-0.2, -0.15) is 4.31 Å². The molecule has 0 unspecified atom stereocenters. The second-order valence-corrected chi connectivity index (χ2v) is 9.40. The van der Waals surface area contributed by atoms with E-state index in [0.29, 0.717) is 6.07 Å². The molecule has 4 rings (SSSR count). The number of piperazine rings is 1. The molecule has 154 valence electrons. The Kier molecular flexibility index (Phi) is 5.40. The largest absolute Gasteiger partial charge is 0.340 e. The van der Waals surface area contributed by atoms with E-state index >= 15 is 0 Å². The summed E-state index contributed by atoms with van der Waals surface area (Å²) in [5, 5.41) is 0. The molecular weight excluding hydrogens is 398 g/mol. The SMILES string of the molecule is O=C(Cc1ccc2c(c1)CCC2)N1CCN(S(=O)(=O)c2cc(F)ccc2F)CC1. The highest BCUT2D eigenvalue weighted by molar-refractivity contribution is 7.89. The number of sulfonamides is 1. The Bertz CT molecular complexity index is 1050. The third-order valence-electron chi connectivity index (χ3n) is 5.62. The minimum Gasteiger partial charge on any atom is -0.340 e. The van der Waals surface area contributed by atoms with E-state index in [1.165, 1.54) is 11.1 Å². The molecule has 29 heavy (non-hydrogen) atoms. The third-order valence-corrected chi connectivity index (χ3v) is 7.53. The van der Waals surface area contributed by atoms with Gasteiger partial charge in [-0.25, -0.2) is 17.2 Å². The van der Waals surface area contributed by atoms with Crippen LogP contribution in [0, 0.1) is 11.6 Å². The molecule has 2 aromatic carbocycles. The summed E-state index contributed by atoms with van der Waals surface area (Å²) >= 11 is 0. The van der Waals surface area contributed by atoms with Crippen LogP contribution in [0.15, 0.2) is 41.3 Å². The molecule has 1 heterocycles. The minimum absolute atomic E-state index is 0.0498. The normalized spacial score (nSPS) is 17.4. The molecule has 1 fully saturated rings. The lowest BCUT2D eigenvalue weighted by molar-refractivity contribution is -0.131. The maximum atomic E-state index is 13.9. The van der Waals surface area contributed by atoms with Crippen LogP contribution >= 0.6 is 0 Å². The molecule has 5 nitrogen and oxygen atoms in total. The van der Waals surface area contributed by atoms with E-state index in [4.69, 9.17) is 0 Å². The first-order valence-corrected chi connectivity index (χ1v) is 11.1. The highest BCUT2D eigenvalue weighted by atomic mass is 32.2. The maximum absolute atomic E-state index is 13.9. The fourth-order valence-electron chi connectivity index (χ4n) is 4.01. The summed E-state index contributed by atoms with van der Waals surface area (Å²) < 4.78 is 53.7. The van der Waals surface area contributed by atoms with Gasteiger partial charge in [-0.3, -0.25) is 4.79 Å². The fraction of sp³-hybridized carbons (Fsp3) is 0.381. The van der Waals surface area contributed by atoms with Crippen LogP contribution < -0.4 is 0 Å². The lowest BCUT2D eigenvalue weighted by atomic mass is 10.0. The number of nitrogens with zero attached hydrogens (tertiary/aromatic N) is 2. The molecule has 2 aliphatic rings. The van der Waals surface area contributed by atoms with E-state index in [1.54, 1.807) is 4.90 Å². The van der Waals surface area contributed by atoms with E-state index < -0.39 is 26.6 Å². The summed E-state index contributed by atoms with van der Waals surface area (Å²) in [4.78, 5) is 13.6. The van der Waals surface area contributed by atoms with Gasteiger partial charge in [-0.15, -0.1) is 0 Å². The number of rotatable bonds is 4. The van der Waals surface area contributed by atoms with Crippen molar-refractivity contribution in [3.05, 3.63) is 64.7 Å². The van der Waals surface area contributed by atoms with Crippen LogP contribution in [0.1, 0.15) is 23.1 Å². The average Bonchev–Trinajstić information content (AvgIpc) is 3.17. The standard InChI is InChI=1S/C21H22F2N2O3S/c22-18-6-7-19(23)20(14-18)29(27,28)25-10-8-24(9-11-25)21(26)13-15-4-5-16-2-1-3-17(16)12-15/h4-7,12,14H,1-3,8-11,13H2. The first-order chi connectivity index (χ1) is 13.8. The van der Waals surface area contributed by atoms with Crippen LogP contribution in [-0.2, 0) is 34.1 Å². The fourth-order valence-corrected chi connectivity index (χ4v) is 5.51. The lowest BCUT2D eigenvalue weighted by Gasteiger charge is -2.34. The predicted molar refractivity (Wildman–Crippen MR) is 104 cm³/mol. The van der Waals surface area contributed by atoms with Gasteiger partial charge < -0.3 is 4.90 Å². The van der Waals surface area contributed by atoms with Crippen LogP contribution in [0.4, 0.5) is 8.78 Å². The summed E-state index contributed by atoms with van der Waals surface area (Å²) in [6.45, 7) is 0.544. The number of carbonyl (C=O) groups excluding carboxylic acids is 1. The van der Waals surface area contributed by atoms with Gasteiger partial charge in [0.15, 0.2) is 0 Å². The van der Waals surface area contributed by atoms with Crippen molar-refractivity contribution in [2.24, 2.45) is 0 Å². The zero-order chi connectivity index (χ0) is 20.6. The van der Waals surface area contributed by atoms with E-state index in [1.807, 2.05) is 6.07 Å². The van der Waals surface area contributed by atoms with Gasteiger partial charge in [0.1, 0.15) is 16.5 Å². The van der Waals surface area contributed by atoms with Gasteiger partial charge in [0.25, 0.3) is 0 Å². The van der Waals surface area contributed by atoms with Crippen LogP contribution in [0.3, 0.4) is 0 Å². The molecule has 0 N–H and O–H groups in total. The summed E-state index contributed by atoms with van der Waals surface area (Å²) in [7, 11) is -4.15. The van der Waals surface area contributed by atoms with Gasteiger partial charge in [0, 0.05) is 26.2 Å². The summed E-state index contributed by atoms with van der Waals surface area (Å²) in [6, 6.07) is 8.53. The molecule has 1 saturated heterocycles. The Morgan fingerprint density at radius 2 is 1.66 bits per heavy atom. The van der Waals surface area contributed by atoms with Crippen molar-refractivity contribution in [1.82, 2.24) is 9.21 Å². The molecule has 0 bridgehead atoms. The van der Waals surface area contributed by atoms with E-state index in [2.05, 4.69) is 12.1 Å². The summed E-state index contributed by atoms with van der Waals surface area (Å²) in [5.41, 5.74) is 3.63. The number of fused-ring (bicyclic) bond motifs is 1. The second-order valence-electron chi connectivity index (χ2n) is 7.49. The number of carbonyl (C=O) groups is 1. The van der Waals surface area contributed by atoms with Crippen molar-refractivity contribution in [2.75, 3.05) is 26.2 Å². The Labute approximate surface area is 169 Å². The molecule has 0 spiro atoms. The number of benzene rings is 2. The Hall–Kier alpha value is -2.32. The smallest absolute Gasteiger partial charge is 0.246 e. The van der Waals surface area contributed by atoms with Crippen molar-refractivity contribution in [1.29, 1.82) is 0 Å². The molecule has 1 aliphatic carbocycles. The number of hydrogen-bond donors (Lipinski definition) is 0. The first kappa shape index (κ1) is 20.0. The van der Waals surface area contributed by atoms with Crippen molar-refractivity contribution in [3.63, 3.8) is 0 Å². The molecule has 8 heteroatoms. The molecule has 0 atom stereocenters. The topological polar surface area (TPSA) is 57.7 Å². The summed E-state index contributed by atoms with van der Waals surface area (Å²) in [5.74, 6) is -1.86. The first-order valence-electron chi connectivity index (χ1n) is 9.68. The van der Waals surface area contributed by atoms with Gasteiger partial charge in [0.05, 0.1) is 6.42 Å². The van der Waals surface area contributed by atoms with Gasteiger partial charge in [0.2, 0.25) is 15.9 Å². The van der Waals surface area contributed by atoms with Gasteiger partial charge in [-0.1, -0.05) is 18.2 Å². The second kappa shape index (κ2) is 7.84. The van der Waals surface area contributed by atoms with Crippen LogP contribution in [-0.4, -0.2) is 49.7 Å². The van der Waals surface area contributed by atoms with Crippen molar-refractivity contribution >= 4 is 15.9 Å². The van der Waals surface area contributed by atoms with E-state index in [9.17, 15) is 22.0 Å². The van der Waals surface area contributed by atoms with E-state index in [-0.39, 0.29) is 38.5 Å². The van der Waals surface area contributed by atoms with Crippen LogP contribution in [0.5, 0.6) is 0 Å². The monoisotopic (exact) mass is 420 g/mol. The van der Waals surface area contributed by atoms with Gasteiger partial charge >= 0.3 is 0 Å². The quantitative estimate of drug-likeness (QED) is 0.764. The molecule has 1 aliphatic heterocycles. The summed E-state index contributed by atoms with van der Waals surface area (Å²) in [6.07, 6.45) is 3.56. The predicted octanol–water partition coefficient (Wildman–Crippen LogP) is 2.53. The molecule has 0 radical (unpaired) electrons. The Morgan fingerprint density at radius 1 is 0.931 bits per heavy atom. The van der Waals surface area contributed by atoms with Crippen molar-refractivity contribution in [2.45, 2.75) is 30.6 Å². The molecule has 0 aromatic heterocycles. The molecular formula is C21H22F2N2O3S. The number of aryl methyl sites for hydroxylation is 2. The van der Waals surface area contributed by atoms with E-state index in [0.717, 1.165) is 41.3 Å². The zero-order valence-electron chi connectivity index (χ0n) is 15.9. The highest BCUT2D eigenvalue weighted by Crippen LogP contribution is 2.24. The maximum Gasteiger partial charge on any atom is 0.246 e. The number of halogens is 2. The average molecular weight is 420 g/mol. The van der Waals surface area contributed by atoms with Crippen LogP contribution in [0.2, 0.25) is 0 Å². The number of hydrogen-bond acceptors (Lipinski definition) is 3. The lowest BCUT2D eigenvalue weighted by Crippen LogP contribution is -2.51. The third kappa shape index (κ3) is 4.04. The van der Waals surface area contributed by atoms with Crippen molar-refractivity contribution in [3.8, 4) is 0 Å². The van der Waals surface area contributed by atoms with Crippen LogP contribution in [0.25, 0.3) is 0 Å². The molecule has 1 amide bonds. The van der Waals surface area contributed by atoms with Gasteiger partial charge in [-0.05, 0) is 54.2 Å². The highest BCUT2D eigenvalue weighted by Gasteiger charge is 2.32. The Morgan fingerprint density at radius 3 is 2.41 bits per heavy atom. The Balaban J connectivity index is 1.40. The number of amides is 1. The molecule has 0 saturated carbocycles.